The third kappa shape index (κ3) is 2.86. The van der Waals surface area contributed by atoms with Crippen molar-refractivity contribution in [2.75, 3.05) is 13.2 Å². The van der Waals surface area contributed by atoms with Crippen molar-refractivity contribution in [1.29, 1.82) is 0 Å². The predicted molar refractivity (Wildman–Crippen MR) is 71.1 cm³/mol. The second-order valence-electron chi connectivity index (χ2n) is 5.92. The van der Waals surface area contributed by atoms with Crippen LogP contribution in [0.5, 0.6) is 0 Å². The van der Waals surface area contributed by atoms with Crippen molar-refractivity contribution in [2.24, 2.45) is 5.92 Å². The summed E-state index contributed by atoms with van der Waals surface area (Å²) in [7, 11) is 0. The molecule has 2 fully saturated rings. The lowest BCUT2D eigenvalue weighted by molar-refractivity contribution is -0.132. The van der Waals surface area contributed by atoms with Crippen LogP contribution in [0.4, 0.5) is 0 Å². The van der Waals surface area contributed by atoms with Crippen LogP contribution >= 0.6 is 0 Å². The molecule has 2 saturated heterocycles. The fourth-order valence-corrected chi connectivity index (χ4v) is 3.03. The molecule has 3 atom stereocenters. The van der Waals surface area contributed by atoms with E-state index in [0.29, 0.717) is 18.6 Å². The van der Waals surface area contributed by atoms with Gasteiger partial charge < -0.3 is 9.64 Å². The first-order valence-corrected chi connectivity index (χ1v) is 7.29. The number of rotatable bonds is 5. The zero-order valence-corrected chi connectivity index (χ0v) is 11.8. The Labute approximate surface area is 110 Å². The van der Waals surface area contributed by atoms with Crippen LogP contribution in [0.25, 0.3) is 0 Å². The molecule has 3 unspecified atom stereocenters. The van der Waals surface area contributed by atoms with Gasteiger partial charge in [-0.05, 0) is 25.2 Å². The minimum absolute atomic E-state index is 0.0159. The Hall–Kier alpha value is -0.610. The lowest BCUT2D eigenvalue weighted by atomic mass is 10.0. The van der Waals surface area contributed by atoms with Crippen molar-refractivity contribution >= 4 is 5.91 Å². The van der Waals surface area contributed by atoms with Gasteiger partial charge in [-0.25, -0.2) is 0 Å². The summed E-state index contributed by atoms with van der Waals surface area (Å²) >= 11 is 0. The fourth-order valence-electron chi connectivity index (χ4n) is 3.03. The van der Waals surface area contributed by atoms with Crippen LogP contribution in [0.1, 0.15) is 46.5 Å². The van der Waals surface area contributed by atoms with E-state index in [1.165, 1.54) is 0 Å². The molecule has 2 rings (SSSR count). The number of hydrogen-bond donors (Lipinski definition) is 1. The number of ether oxygens (including phenoxy) is 1. The normalized spacial score (nSPS) is 32.8. The smallest absolute Gasteiger partial charge is 0.241 e. The highest BCUT2D eigenvalue weighted by atomic mass is 16.5. The molecule has 2 heterocycles. The standard InChI is InChI=1S/C14H26N2O2/c1-4-5-13-15-12(8-10(2)3)14(17)16(13)11-6-7-18-9-11/h10-13,15H,4-9H2,1-3H3. The monoisotopic (exact) mass is 254 g/mol. The molecule has 1 N–H and O–H groups in total. The summed E-state index contributed by atoms with van der Waals surface area (Å²) in [5.74, 6) is 0.839. The Morgan fingerprint density at radius 3 is 2.83 bits per heavy atom. The van der Waals surface area contributed by atoms with Crippen LogP contribution in [-0.2, 0) is 9.53 Å². The van der Waals surface area contributed by atoms with Gasteiger partial charge in [0.25, 0.3) is 0 Å². The topological polar surface area (TPSA) is 41.6 Å². The molecular weight excluding hydrogens is 228 g/mol. The summed E-state index contributed by atoms with van der Waals surface area (Å²) in [5.41, 5.74) is 0. The van der Waals surface area contributed by atoms with Crippen molar-refractivity contribution in [1.82, 2.24) is 10.2 Å². The molecule has 0 aromatic heterocycles. The maximum Gasteiger partial charge on any atom is 0.241 e. The van der Waals surface area contributed by atoms with E-state index in [-0.39, 0.29) is 18.1 Å². The van der Waals surface area contributed by atoms with E-state index >= 15 is 0 Å². The zero-order valence-electron chi connectivity index (χ0n) is 11.8. The van der Waals surface area contributed by atoms with E-state index in [9.17, 15) is 4.79 Å². The van der Waals surface area contributed by atoms with Gasteiger partial charge in [0.15, 0.2) is 0 Å². The summed E-state index contributed by atoms with van der Waals surface area (Å²) in [4.78, 5) is 14.6. The molecule has 1 amide bonds. The molecule has 2 aliphatic rings. The Morgan fingerprint density at radius 2 is 2.28 bits per heavy atom. The number of carbonyl (C=O) groups excluding carboxylic acids is 1. The molecule has 0 bridgehead atoms. The average molecular weight is 254 g/mol. The first-order chi connectivity index (χ1) is 8.63. The molecule has 4 nitrogen and oxygen atoms in total. The van der Waals surface area contributed by atoms with Crippen molar-refractivity contribution in [3.05, 3.63) is 0 Å². The largest absolute Gasteiger partial charge is 0.379 e. The molecular formula is C14H26N2O2. The minimum atomic E-state index is 0.0159. The van der Waals surface area contributed by atoms with E-state index in [1.807, 2.05) is 0 Å². The SMILES string of the molecule is CCCC1NC(CC(C)C)C(=O)N1C1CCOC1. The van der Waals surface area contributed by atoms with E-state index in [2.05, 4.69) is 31.0 Å². The van der Waals surface area contributed by atoms with E-state index in [4.69, 9.17) is 4.74 Å². The van der Waals surface area contributed by atoms with Crippen LogP contribution < -0.4 is 5.32 Å². The Kier molecular flexibility index (Phi) is 4.62. The third-order valence-corrected chi connectivity index (χ3v) is 3.85. The molecule has 4 heteroatoms. The molecule has 0 spiro atoms. The van der Waals surface area contributed by atoms with Gasteiger partial charge in [0.2, 0.25) is 5.91 Å². The Balaban J connectivity index is 2.05. The van der Waals surface area contributed by atoms with Gasteiger partial charge in [0, 0.05) is 6.61 Å². The van der Waals surface area contributed by atoms with E-state index < -0.39 is 0 Å². The lowest BCUT2D eigenvalue weighted by Gasteiger charge is -2.29. The van der Waals surface area contributed by atoms with Gasteiger partial charge in [-0.1, -0.05) is 27.2 Å². The van der Waals surface area contributed by atoms with Crippen molar-refractivity contribution in [3.63, 3.8) is 0 Å². The van der Waals surface area contributed by atoms with E-state index in [1.54, 1.807) is 0 Å². The summed E-state index contributed by atoms with van der Waals surface area (Å²) in [6.45, 7) is 8.02. The first kappa shape index (κ1) is 13.8. The highest BCUT2D eigenvalue weighted by Gasteiger charge is 2.42. The number of carbonyl (C=O) groups is 1. The van der Waals surface area contributed by atoms with Crippen LogP contribution in [0, 0.1) is 5.92 Å². The van der Waals surface area contributed by atoms with E-state index in [0.717, 1.165) is 32.3 Å². The maximum absolute atomic E-state index is 12.5. The molecule has 0 aromatic carbocycles. The van der Waals surface area contributed by atoms with Crippen molar-refractivity contribution in [2.45, 2.75) is 64.7 Å². The van der Waals surface area contributed by atoms with Crippen LogP contribution in [0.3, 0.4) is 0 Å². The molecule has 0 radical (unpaired) electrons. The second-order valence-corrected chi connectivity index (χ2v) is 5.92. The third-order valence-electron chi connectivity index (χ3n) is 3.85. The zero-order chi connectivity index (χ0) is 13.1. The molecule has 2 aliphatic heterocycles. The molecule has 0 saturated carbocycles. The highest BCUT2D eigenvalue weighted by Crippen LogP contribution is 2.25. The van der Waals surface area contributed by atoms with Crippen LogP contribution in [-0.4, -0.2) is 42.3 Å². The van der Waals surface area contributed by atoms with Crippen molar-refractivity contribution in [3.8, 4) is 0 Å². The lowest BCUT2D eigenvalue weighted by Crippen LogP contribution is -2.44. The summed E-state index contributed by atoms with van der Waals surface area (Å²) < 4.78 is 5.44. The Morgan fingerprint density at radius 1 is 1.50 bits per heavy atom. The van der Waals surface area contributed by atoms with Crippen LogP contribution in [0.2, 0.25) is 0 Å². The quantitative estimate of drug-likeness (QED) is 0.812. The highest BCUT2D eigenvalue weighted by molar-refractivity contribution is 5.84. The number of nitrogens with zero attached hydrogens (tertiary/aromatic N) is 1. The van der Waals surface area contributed by atoms with Gasteiger partial charge in [-0.3, -0.25) is 10.1 Å². The predicted octanol–water partition coefficient (Wildman–Crippen LogP) is 1.75. The average Bonchev–Trinajstić information content (AvgIpc) is 2.89. The fraction of sp³-hybridized carbons (Fsp3) is 0.929. The molecule has 18 heavy (non-hydrogen) atoms. The minimum Gasteiger partial charge on any atom is -0.379 e. The maximum atomic E-state index is 12.5. The Bertz CT molecular complexity index is 288. The van der Waals surface area contributed by atoms with Gasteiger partial charge in [0.05, 0.1) is 24.9 Å². The molecule has 104 valence electrons. The molecule has 0 aliphatic carbocycles. The molecule has 0 aromatic rings. The van der Waals surface area contributed by atoms with Crippen molar-refractivity contribution < 1.29 is 9.53 Å². The number of nitrogens with one attached hydrogen (secondary N) is 1. The van der Waals surface area contributed by atoms with Gasteiger partial charge in [-0.15, -0.1) is 0 Å². The summed E-state index contributed by atoms with van der Waals surface area (Å²) in [6, 6.07) is 0.306. The van der Waals surface area contributed by atoms with Gasteiger partial charge in [0.1, 0.15) is 0 Å². The van der Waals surface area contributed by atoms with Gasteiger partial charge in [-0.2, -0.15) is 0 Å². The summed E-state index contributed by atoms with van der Waals surface area (Å²) in [5, 5.41) is 3.52. The first-order valence-electron chi connectivity index (χ1n) is 7.29. The van der Waals surface area contributed by atoms with Crippen LogP contribution in [0.15, 0.2) is 0 Å². The number of amides is 1. The van der Waals surface area contributed by atoms with Gasteiger partial charge >= 0.3 is 0 Å². The number of hydrogen-bond acceptors (Lipinski definition) is 3. The second kappa shape index (κ2) is 6.02. The summed E-state index contributed by atoms with van der Waals surface area (Å²) in [6.07, 6.45) is 4.28.